The molecule has 0 aliphatic rings. The number of aromatic nitrogens is 1. The molecule has 3 aromatic rings. The van der Waals surface area contributed by atoms with Gasteiger partial charge in [-0.05, 0) is 42.0 Å². The van der Waals surface area contributed by atoms with Crippen molar-refractivity contribution in [3.05, 3.63) is 72.8 Å². The molecule has 0 spiro atoms. The number of hydrogen-bond donors (Lipinski definition) is 0. The van der Waals surface area contributed by atoms with Crippen LogP contribution in [-0.4, -0.2) is 0 Å². The number of nitrogens with zero attached hydrogens (tertiary/aromatic N) is 1. The second kappa shape index (κ2) is 4.43. The van der Waals surface area contributed by atoms with Gasteiger partial charge in [-0.25, -0.2) is 0 Å². The molecular weight excluding hydrogens is 230 g/mol. The number of rotatable bonds is 1. The van der Waals surface area contributed by atoms with Gasteiger partial charge in [0.1, 0.15) is 11.2 Å². The van der Waals surface area contributed by atoms with E-state index in [-0.39, 0.29) is 0 Å². The molecule has 0 aliphatic heterocycles. The van der Waals surface area contributed by atoms with Crippen LogP contribution in [-0.2, 0) is 0 Å². The molecule has 0 fully saturated rings. The van der Waals surface area contributed by atoms with Gasteiger partial charge in [0, 0.05) is 7.05 Å². The third-order valence-corrected chi connectivity index (χ3v) is 3.64. The number of hydrogen-bond acceptors (Lipinski definition) is 0. The molecule has 94 valence electrons. The zero-order valence-corrected chi connectivity index (χ0v) is 11.4. The Morgan fingerprint density at radius 1 is 0.842 bits per heavy atom. The summed E-state index contributed by atoms with van der Waals surface area (Å²) >= 11 is 0. The molecule has 0 aliphatic carbocycles. The van der Waals surface area contributed by atoms with Gasteiger partial charge >= 0.3 is 0 Å². The van der Waals surface area contributed by atoms with Crippen molar-refractivity contribution in [2.75, 3.05) is 0 Å². The van der Waals surface area contributed by atoms with Crippen molar-refractivity contribution < 1.29 is 4.57 Å². The largest absolute Gasteiger partial charge is 0.326 e. The van der Waals surface area contributed by atoms with E-state index in [1.165, 1.54) is 27.8 Å². The minimum absolute atomic E-state index is 1.16. The lowest BCUT2D eigenvalue weighted by Gasteiger charge is -2.16. The quantitative estimate of drug-likeness (QED) is 0.451. The predicted octanol–water partition coefficient (Wildman–Crippen LogP) is 4.05. The van der Waals surface area contributed by atoms with Gasteiger partial charge in [-0.15, -0.1) is 0 Å². The molecule has 0 amide bonds. The van der Waals surface area contributed by atoms with Crippen molar-refractivity contribution in [2.24, 2.45) is 0 Å². The van der Waals surface area contributed by atoms with Gasteiger partial charge in [0.2, 0.25) is 0 Å². The summed E-state index contributed by atoms with van der Waals surface area (Å²) in [6.07, 6.45) is 0. The van der Waals surface area contributed by atoms with E-state index in [2.05, 4.69) is 75.5 Å². The molecule has 0 radical (unpaired) electrons. The maximum atomic E-state index is 4.24. The van der Waals surface area contributed by atoms with Crippen LogP contribution in [0.15, 0.2) is 54.6 Å². The molecule has 19 heavy (non-hydrogen) atoms. The molecule has 0 N–H and O–H groups in total. The normalized spacial score (nSPS) is 10.8. The van der Waals surface area contributed by atoms with Crippen LogP contribution in [0.2, 0.25) is 0 Å². The SMILES string of the molecule is [CH2-][n+]1c(-c2ccccc2C)c(C)cc2ccccc21. The van der Waals surface area contributed by atoms with Crippen molar-refractivity contribution in [1.29, 1.82) is 0 Å². The monoisotopic (exact) mass is 247 g/mol. The maximum Gasteiger partial charge on any atom is 0.115 e. The Labute approximate surface area is 114 Å². The van der Waals surface area contributed by atoms with E-state index < -0.39 is 0 Å². The molecule has 3 rings (SSSR count). The number of para-hydroxylation sites is 1. The van der Waals surface area contributed by atoms with Gasteiger partial charge in [0.15, 0.2) is 0 Å². The van der Waals surface area contributed by atoms with Gasteiger partial charge in [-0.1, -0.05) is 48.5 Å². The summed E-state index contributed by atoms with van der Waals surface area (Å²) < 4.78 is 2.05. The summed E-state index contributed by atoms with van der Waals surface area (Å²) in [6, 6.07) is 19.1. The minimum atomic E-state index is 1.16. The second-order valence-electron chi connectivity index (χ2n) is 4.98. The van der Waals surface area contributed by atoms with Gasteiger partial charge in [0.05, 0.1) is 0 Å². The van der Waals surface area contributed by atoms with Crippen molar-refractivity contribution in [3.63, 3.8) is 0 Å². The first-order chi connectivity index (χ1) is 9.18. The lowest BCUT2D eigenvalue weighted by molar-refractivity contribution is -0.572. The Kier molecular flexibility index (Phi) is 2.75. The van der Waals surface area contributed by atoms with Gasteiger partial charge < -0.3 is 4.57 Å². The highest BCUT2D eigenvalue weighted by Crippen LogP contribution is 2.25. The Morgan fingerprint density at radius 3 is 2.32 bits per heavy atom. The molecule has 1 heteroatoms. The average molecular weight is 247 g/mol. The first-order valence-corrected chi connectivity index (χ1v) is 6.50. The maximum absolute atomic E-state index is 4.24. The number of benzene rings is 2. The van der Waals surface area contributed by atoms with Gasteiger partial charge in [-0.2, -0.15) is 0 Å². The fraction of sp³-hybridized carbons (Fsp3) is 0.111. The number of aryl methyl sites for hydroxylation is 2. The summed E-state index contributed by atoms with van der Waals surface area (Å²) in [7, 11) is 4.24. The van der Waals surface area contributed by atoms with Crippen LogP contribution in [0, 0.1) is 20.9 Å². The van der Waals surface area contributed by atoms with E-state index >= 15 is 0 Å². The first-order valence-electron chi connectivity index (χ1n) is 6.50. The van der Waals surface area contributed by atoms with E-state index in [1.807, 2.05) is 4.57 Å². The topological polar surface area (TPSA) is 3.88 Å². The van der Waals surface area contributed by atoms with Crippen molar-refractivity contribution in [2.45, 2.75) is 13.8 Å². The van der Waals surface area contributed by atoms with Gasteiger partial charge in [0.25, 0.3) is 0 Å². The molecule has 1 nitrogen and oxygen atoms in total. The summed E-state index contributed by atoms with van der Waals surface area (Å²) in [4.78, 5) is 0. The first kappa shape index (κ1) is 11.8. The number of pyridine rings is 1. The number of fused-ring (bicyclic) bond motifs is 1. The Hall–Kier alpha value is -2.28. The fourth-order valence-corrected chi connectivity index (χ4v) is 2.69. The highest BCUT2D eigenvalue weighted by Gasteiger charge is 2.11. The lowest BCUT2D eigenvalue weighted by atomic mass is 10.00. The Bertz CT molecular complexity index is 757. The highest BCUT2D eigenvalue weighted by atomic mass is 14.9. The molecule has 0 atom stereocenters. The Morgan fingerprint density at radius 2 is 1.53 bits per heavy atom. The molecule has 0 bridgehead atoms. The van der Waals surface area contributed by atoms with Crippen LogP contribution in [0.1, 0.15) is 11.1 Å². The fourth-order valence-electron chi connectivity index (χ4n) is 2.69. The standard InChI is InChI=1S/C18H17N/c1-13-8-4-6-10-16(13)18-14(2)12-15-9-5-7-11-17(15)19(18)3/h4-12H,3H2,1-2H3. The van der Waals surface area contributed by atoms with E-state index in [1.54, 1.807) is 0 Å². The summed E-state index contributed by atoms with van der Waals surface area (Å²) in [5.41, 5.74) is 6.13. The van der Waals surface area contributed by atoms with Crippen LogP contribution in [0.5, 0.6) is 0 Å². The third kappa shape index (κ3) is 1.88. The Balaban J connectivity index is 2.39. The van der Waals surface area contributed by atoms with E-state index in [0.717, 1.165) is 5.52 Å². The predicted molar refractivity (Wildman–Crippen MR) is 79.8 cm³/mol. The molecule has 0 saturated heterocycles. The molecular formula is C18H17N. The van der Waals surface area contributed by atoms with Crippen LogP contribution in [0.4, 0.5) is 0 Å². The van der Waals surface area contributed by atoms with Crippen LogP contribution in [0.3, 0.4) is 0 Å². The molecule has 1 aromatic heterocycles. The summed E-state index contributed by atoms with van der Waals surface area (Å²) in [5.74, 6) is 0. The van der Waals surface area contributed by atoms with Crippen molar-refractivity contribution in [3.8, 4) is 11.3 Å². The smallest absolute Gasteiger partial charge is 0.115 e. The van der Waals surface area contributed by atoms with E-state index in [4.69, 9.17) is 0 Å². The average Bonchev–Trinajstić information content (AvgIpc) is 2.41. The molecule has 1 heterocycles. The molecule has 2 aromatic carbocycles. The second-order valence-corrected chi connectivity index (χ2v) is 4.98. The third-order valence-electron chi connectivity index (χ3n) is 3.64. The van der Waals surface area contributed by atoms with E-state index in [0.29, 0.717) is 0 Å². The van der Waals surface area contributed by atoms with Crippen LogP contribution >= 0.6 is 0 Å². The highest BCUT2D eigenvalue weighted by molar-refractivity contribution is 5.79. The summed E-state index contributed by atoms with van der Waals surface area (Å²) in [5, 5.41) is 1.23. The zero-order chi connectivity index (χ0) is 13.4. The van der Waals surface area contributed by atoms with Crippen LogP contribution in [0.25, 0.3) is 22.2 Å². The minimum Gasteiger partial charge on any atom is -0.326 e. The van der Waals surface area contributed by atoms with Crippen molar-refractivity contribution in [1.82, 2.24) is 0 Å². The van der Waals surface area contributed by atoms with Crippen molar-refractivity contribution >= 4 is 10.9 Å². The van der Waals surface area contributed by atoms with Gasteiger partial charge in [-0.3, -0.25) is 0 Å². The van der Waals surface area contributed by atoms with E-state index in [9.17, 15) is 0 Å². The molecule has 0 unspecified atom stereocenters. The lowest BCUT2D eigenvalue weighted by Crippen LogP contribution is -2.31. The molecule has 0 saturated carbocycles. The summed E-state index contributed by atoms with van der Waals surface area (Å²) in [6.45, 7) is 4.29. The van der Waals surface area contributed by atoms with Crippen LogP contribution < -0.4 is 4.57 Å². The zero-order valence-electron chi connectivity index (χ0n) is 11.4.